The first kappa shape index (κ1) is 10.5. The quantitative estimate of drug-likeness (QED) is 0.691. The molecule has 0 aromatic carbocycles. The second-order valence-corrected chi connectivity index (χ2v) is 3.93. The molecule has 1 amide bonds. The summed E-state index contributed by atoms with van der Waals surface area (Å²) in [6.07, 6.45) is 2.47. The average Bonchev–Trinajstić information content (AvgIpc) is 2.84. The van der Waals surface area contributed by atoms with Gasteiger partial charge in [-0.1, -0.05) is 0 Å². The third-order valence-electron chi connectivity index (χ3n) is 2.40. The zero-order valence-corrected chi connectivity index (χ0v) is 8.84. The van der Waals surface area contributed by atoms with Crippen molar-refractivity contribution >= 4 is 5.91 Å². The summed E-state index contributed by atoms with van der Waals surface area (Å²) in [6, 6.07) is 0.938. The molecular weight excluding hydrogens is 164 g/mol. The molecule has 1 fully saturated rings. The van der Waals surface area contributed by atoms with E-state index in [0.717, 1.165) is 6.54 Å². The Hall–Kier alpha value is -0.570. The van der Waals surface area contributed by atoms with Gasteiger partial charge in [-0.15, -0.1) is 0 Å². The van der Waals surface area contributed by atoms with Gasteiger partial charge < -0.3 is 10.2 Å². The SMILES string of the molecule is CCN(C(=O)CNC1CC1)C(C)C. The number of carbonyl (C=O) groups is 1. The number of likely N-dealkylation sites (N-methyl/N-ethyl adjacent to an activating group) is 1. The van der Waals surface area contributed by atoms with Crippen molar-refractivity contribution in [3.63, 3.8) is 0 Å². The van der Waals surface area contributed by atoms with Gasteiger partial charge in [-0.25, -0.2) is 0 Å². The van der Waals surface area contributed by atoms with Gasteiger partial charge in [0.25, 0.3) is 0 Å². The zero-order valence-electron chi connectivity index (χ0n) is 8.84. The summed E-state index contributed by atoms with van der Waals surface area (Å²) in [5.74, 6) is 0.226. The Morgan fingerprint density at radius 1 is 1.54 bits per heavy atom. The number of nitrogens with one attached hydrogen (secondary N) is 1. The summed E-state index contributed by atoms with van der Waals surface area (Å²) in [7, 11) is 0. The van der Waals surface area contributed by atoms with Crippen LogP contribution in [0.4, 0.5) is 0 Å². The lowest BCUT2D eigenvalue weighted by atomic mass is 10.3. The van der Waals surface area contributed by atoms with Crippen LogP contribution in [0, 0.1) is 0 Å². The maximum atomic E-state index is 11.6. The number of hydrogen-bond acceptors (Lipinski definition) is 2. The van der Waals surface area contributed by atoms with E-state index in [2.05, 4.69) is 19.2 Å². The molecule has 0 aliphatic heterocycles. The van der Waals surface area contributed by atoms with Crippen molar-refractivity contribution < 1.29 is 4.79 Å². The molecule has 3 nitrogen and oxygen atoms in total. The van der Waals surface area contributed by atoms with Crippen LogP contribution in [0.25, 0.3) is 0 Å². The van der Waals surface area contributed by atoms with Gasteiger partial charge in [0.05, 0.1) is 6.54 Å². The summed E-state index contributed by atoms with van der Waals surface area (Å²) >= 11 is 0. The lowest BCUT2D eigenvalue weighted by Gasteiger charge is -2.25. The molecule has 0 aromatic rings. The predicted molar refractivity (Wildman–Crippen MR) is 53.5 cm³/mol. The summed E-state index contributed by atoms with van der Waals surface area (Å²) in [6.45, 7) is 7.45. The first-order chi connectivity index (χ1) is 6.15. The van der Waals surface area contributed by atoms with Crippen LogP contribution in [0.1, 0.15) is 33.6 Å². The summed E-state index contributed by atoms with van der Waals surface area (Å²) in [5.41, 5.74) is 0. The molecule has 1 saturated carbocycles. The van der Waals surface area contributed by atoms with Gasteiger partial charge in [0, 0.05) is 18.6 Å². The molecule has 1 aliphatic carbocycles. The van der Waals surface area contributed by atoms with Crippen LogP contribution in [0.3, 0.4) is 0 Å². The van der Waals surface area contributed by atoms with Crippen LogP contribution >= 0.6 is 0 Å². The molecule has 13 heavy (non-hydrogen) atoms. The van der Waals surface area contributed by atoms with Gasteiger partial charge in [-0.2, -0.15) is 0 Å². The highest BCUT2D eigenvalue weighted by Gasteiger charge is 2.22. The van der Waals surface area contributed by atoms with Gasteiger partial charge in [-0.05, 0) is 33.6 Å². The fourth-order valence-electron chi connectivity index (χ4n) is 1.45. The Labute approximate surface area is 80.5 Å². The van der Waals surface area contributed by atoms with Crippen LogP contribution in [-0.4, -0.2) is 36.0 Å². The van der Waals surface area contributed by atoms with Crippen LogP contribution in [-0.2, 0) is 4.79 Å². The molecule has 0 unspecified atom stereocenters. The summed E-state index contributed by atoms with van der Waals surface area (Å²) < 4.78 is 0. The van der Waals surface area contributed by atoms with Crippen LogP contribution in [0.5, 0.6) is 0 Å². The smallest absolute Gasteiger partial charge is 0.236 e. The van der Waals surface area contributed by atoms with Crippen molar-refractivity contribution in [3.8, 4) is 0 Å². The molecule has 0 heterocycles. The van der Waals surface area contributed by atoms with E-state index in [-0.39, 0.29) is 5.91 Å². The van der Waals surface area contributed by atoms with Crippen molar-refractivity contribution in [1.82, 2.24) is 10.2 Å². The number of carbonyl (C=O) groups excluding carboxylic acids is 1. The molecule has 1 N–H and O–H groups in total. The molecular formula is C10H20N2O. The van der Waals surface area contributed by atoms with Gasteiger partial charge in [0.1, 0.15) is 0 Å². The molecule has 0 saturated heterocycles. The highest BCUT2D eigenvalue weighted by Crippen LogP contribution is 2.18. The van der Waals surface area contributed by atoms with Crippen molar-refractivity contribution in [1.29, 1.82) is 0 Å². The summed E-state index contributed by atoms with van der Waals surface area (Å²) in [5, 5.41) is 3.23. The van der Waals surface area contributed by atoms with Crippen LogP contribution in [0.15, 0.2) is 0 Å². The largest absolute Gasteiger partial charge is 0.339 e. The molecule has 3 heteroatoms. The van der Waals surface area contributed by atoms with E-state index in [4.69, 9.17) is 0 Å². The fraction of sp³-hybridized carbons (Fsp3) is 0.900. The first-order valence-electron chi connectivity index (χ1n) is 5.18. The van der Waals surface area contributed by atoms with Crippen LogP contribution < -0.4 is 5.32 Å². The molecule has 76 valence electrons. The predicted octanol–water partition coefficient (Wildman–Crippen LogP) is 0.995. The average molecular weight is 184 g/mol. The van der Waals surface area contributed by atoms with Crippen molar-refractivity contribution in [2.24, 2.45) is 0 Å². The summed E-state index contributed by atoms with van der Waals surface area (Å²) in [4.78, 5) is 13.5. The van der Waals surface area contributed by atoms with Crippen molar-refractivity contribution in [2.45, 2.75) is 45.7 Å². The molecule has 1 aliphatic rings. The Morgan fingerprint density at radius 2 is 2.15 bits per heavy atom. The van der Waals surface area contributed by atoms with E-state index in [1.807, 2.05) is 11.8 Å². The Morgan fingerprint density at radius 3 is 2.54 bits per heavy atom. The lowest BCUT2D eigenvalue weighted by Crippen LogP contribution is -2.42. The van der Waals surface area contributed by atoms with E-state index in [0.29, 0.717) is 18.6 Å². The highest BCUT2D eigenvalue weighted by molar-refractivity contribution is 5.78. The normalized spacial score (nSPS) is 16.3. The second kappa shape index (κ2) is 4.61. The van der Waals surface area contributed by atoms with Gasteiger partial charge in [-0.3, -0.25) is 4.79 Å². The monoisotopic (exact) mass is 184 g/mol. The third-order valence-corrected chi connectivity index (χ3v) is 2.40. The molecule has 0 bridgehead atoms. The highest BCUT2D eigenvalue weighted by atomic mass is 16.2. The standard InChI is InChI=1S/C10H20N2O/c1-4-12(8(2)3)10(13)7-11-9-5-6-9/h8-9,11H,4-7H2,1-3H3. The van der Waals surface area contributed by atoms with Gasteiger partial charge in [0.2, 0.25) is 5.91 Å². The maximum Gasteiger partial charge on any atom is 0.236 e. The van der Waals surface area contributed by atoms with Crippen molar-refractivity contribution in [2.75, 3.05) is 13.1 Å². The Bertz CT molecular complexity index is 176. The van der Waals surface area contributed by atoms with E-state index >= 15 is 0 Å². The minimum Gasteiger partial charge on any atom is -0.339 e. The number of hydrogen-bond donors (Lipinski definition) is 1. The lowest BCUT2D eigenvalue weighted by molar-refractivity contribution is -0.131. The number of nitrogens with zero attached hydrogens (tertiary/aromatic N) is 1. The number of rotatable bonds is 5. The zero-order chi connectivity index (χ0) is 9.84. The molecule has 1 rings (SSSR count). The minimum atomic E-state index is 0.226. The van der Waals surface area contributed by atoms with E-state index in [1.165, 1.54) is 12.8 Å². The second-order valence-electron chi connectivity index (χ2n) is 3.93. The fourth-order valence-corrected chi connectivity index (χ4v) is 1.45. The molecule has 0 atom stereocenters. The topological polar surface area (TPSA) is 32.3 Å². The van der Waals surface area contributed by atoms with E-state index < -0.39 is 0 Å². The van der Waals surface area contributed by atoms with Gasteiger partial charge in [0.15, 0.2) is 0 Å². The van der Waals surface area contributed by atoms with Crippen LogP contribution in [0.2, 0.25) is 0 Å². The van der Waals surface area contributed by atoms with Gasteiger partial charge >= 0.3 is 0 Å². The Kier molecular flexibility index (Phi) is 3.72. The number of amides is 1. The molecule has 0 spiro atoms. The Balaban J connectivity index is 2.25. The molecule has 0 radical (unpaired) electrons. The van der Waals surface area contributed by atoms with Crippen molar-refractivity contribution in [3.05, 3.63) is 0 Å². The maximum absolute atomic E-state index is 11.6. The third kappa shape index (κ3) is 3.35. The van der Waals surface area contributed by atoms with E-state index in [9.17, 15) is 4.79 Å². The van der Waals surface area contributed by atoms with E-state index in [1.54, 1.807) is 0 Å². The first-order valence-corrected chi connectivity index (χ1v) is 5.18. The minimum absolute atomic E-state index is 0.226. The molecule has 0 aromatic heterocycles.